The molecule has 1 atom stereocenters. The van der Waals surface area contributed by atoms with Crippen molar-refractivity contribution in [1.29, 1.82) is 0 Å². The summed E-state index contributed by atoms with van der Waals surface area (Å²) in [7, 11) is 0. The normalized spacial score (nSPS) is 37.4. The third-order valence-electron chi connectivity index (χ3n) is 3.54. The average molecular weight is 140 g/mol. The Morgan fingerprint density at radius 2 is 1.90 bits per heavy atom. The van der Waals surface area contributed by atoms with Crippen LogP contribution in [0.15, 0.2) is 0 Å². The van der Waals surface area contributed by atoms with Crippen LogP contribution in [0.2, 0.25) is 0 Å². The lowest BCUT2D eigenvalue weighted by Gasteiger charge is -2.52. The summed E-state index contributed by atoms with van der Waals surface area (Å²) in [5.74, 6) is 0.428. The summed E-state index contributed by atoms with van der Waals surface area (Å²) in [6.07, 6.45) is 1.90. The predicted octanol–water partition coefficient (Wildman–Crippen LogP) is 2.40. The van der Waals surface area contributed by atoms with Gasteiger partial charge in [-0.1, -0.05) is 27.7 Å². The molecule has 1 unspecified atom stereocenters. The van der Waals surface area contributed by atoms with Crippen molar-refractivity contribution in [2.45, 2.75) is 40.5 Å². The molecule has 1 heteroatoms. The molecule has 58 valence electrons. The average Bonchev–Trinajstić information content (AvgIpc) is 1.88. The summed E-state index contributed by atoms with van der Waals surface area (Å²) in [5.41, 5.74) is 0.228. The van der Waals surface area contributed by atoms with Crippen LogP contribution in [0, 0.1) is 10.8 Å². The van der Waals surface area contributed by atoms with Crippen LogP contribution in [0.3, 0.4) is 0 Å². The summed E-state index contributed by atoms with van der Waals surface area (Å²) in [4.78, 5) is 11.1. The Balaban J connectivity index is 2.80. The first-order chi connectivity index (χ1) is 4.44. The first-order valence-electron chi connectivity index (χ1n) is 3.97. The minimum atomic E-state index is -0.0538. The van der Waals surface area contributed by atoms with E-state index in [0.29, 0.717) is 5.78 Å². The summed E-state index contributed by atoms with van der Waals surface area (Å²) in [6, 6.07) is 0. The summed E-state index contributed by atoms with van der Waals surface area (Å²) in [5, 5.41) is 0. The molecule has 0 radical (unpaired) electrons. The molecule has 1 saturated carbocycles. The van der Waals surface area contributed by atoms with Crippen molar-refractivity contribution in [3.63, 3.8) is 0 Å². The predicted molar refractivity (Wildman–Crippen MR) is 41.8 cm³/mol. The zero-order valence-electron chi connectivity index (χ0n) is 7.32. The molecule has 1 nitrogen and oxygen atoms in total. The Kier molecular flexibility index (Phi) is 1.43. The van der Waals surface area contributed by atoms with Crippen LogP contribution in [-0.2, 0) is 4.79 Å². The second-order valence-corrected chi connectivity index (χ2v) is 4.14. The van der Waals surface area contributed by atoms with E-state index in [1.807, 2.05) is 0 Å². The molecule has 0 N–H and O–H groups in total. The van der Waals surface area contributed by atoms with Crippen molar-refractivity contribution in [2.75, 3.05) is 0 Å². The summed E-state index contributed by atoms with van der Waals surface area (Å²) in [6.45, 7) is 8.48. The molecule has 0 heterocycles. The fraction of sp³-hybridized carbons (Fsp3) is 0.889. The maximum atomic E-state index is 11.1. The van der Waals surface area contributed by atoms with Gasteiger partial charge in [-0.2, -0.15) is 0 Å². The number of carbonyl (C=O) groups excluding carboxylic acids is 1. The fourth-order valence-corrected chi connectivity index (χ4v) is 1.59. The Morgan fingerprint density at radius 3 is 2.00 bits per heavy atom. The van der Waals surface area contributed by atoms with E-state index in [4.69, 9.17) is 0 Å². The Morgan fingerprint density at radius 1 is 1.40 bits per heavy atom. The van der Waals surface area contributed by atoms with Gasteiger partial charge in [0.05, 0.1) is 0 Å². The second-order valence-electron chi connectivity index (χ2n) is 4.14. The van der Waals surface area contributed by atoms with Crippen LogP contribution in [-0.4, -0.2) is 5.78 Å². The van der Waals surface area contributed by atoms with E-state index in [9.17, 15) is 4.79 Å². The van der Waals surface area contributed by atoms with Gasteiger partial charge in [-0.15, -0.1) is 0 Å². The Bertz CT molecular complexity index is 170. The highest BCUT2D eigenvalue weighted by Crippen LogP contribution is 2.55. The molecule has 1 aliphatic rings. The summed E-state index contributed by atoms with van der Waals surface area (Å²) >= 11 is 0. The first kappa shape index (κ1) is 7.77. The molecule has 0 bridgehead atoms. The van der Waals surface area contributed by atoms with E-state index in [0.717, 1.165) is 12.8 Å². The molecule has 0 aromatic rings. The smallest absolute Gasteiger partial charge is 0.139 e. The van der Waals surface area contributed by atoms with E-state index in [2.05, 4.69) is 27.7 Å². The van der Waals surface area contributed by atoms with Gasteiger partial charge < -0.3 is 0 Å². The van der Waals surface area contributed by atoms with Crippen molar-refractivity contribution in [2.24, 2.45) is 10.8 Å². The van der Waals surface area contributed by atoms with Crippen LogP contribution >= 0.6 is 0 Å². The zero-order chi connectivity index (χ0) is 7.99. The standard InChI is InChI=1S/C9H16O/c1-5-9(4)6-7(10)8(9,2)3/h5-6H2,1-4H3. The Labute approximate surface area is 62.8 Å². The van der Waals surface area contributed by atoms with Crippen molar-refractivity contribution >= 4 is 5.78 Å². The molecule has 1 rings (SSSR count). The minimum absolute atomic E-state index is 0.0538. The highest BCUT2D eigenvalue weighted by molar-refractivity contribution is 5.92. The topological polar surface area (TPSA) is 17.1 Å². The zero-order valence-corrected chi connectivity index (χ0v) is 7.32. The van der Waals surface area contributed by atoms with Crippen molar-refractivity contribution in [3.8, 4) is 0 Å². The van der Waals surface area contributed by atoms with E-state index in [1.165, 1.54) is 0 Å². The van der Waals surface area contributed by atoms with Crippen molar-refractivity contribution < 1.29 is 4.79 Å². The van der Waals surface area contributed by atoms with Gasteiger partial charge >= 0.3 is 0 Å². The van der Waals surface area contributed by atoms with E-state index in [-0.39, 0.29) is 10.8 Å². The Hall–Kier alpha value is -0.330. The SMILES string of the molecule is CCC1(C)CC(=O)C1(C)C. The lowest BCUT2D eigenvalue weighted by atomic mass is 9.50. The minimum Gasteiger partial charge on any atom is -0.299 e. The maximum Gasteiger partial charge on any atom is 0.139 e. The number of rotatable bonds is 1. The monoisotopic (exact) mass is 140 g/mol. The van der Waals surface area contributed by atoms with Gasteiger partial charge in [0.1, 0.15) is 5.78 Å². The highest BCUT2D eigenvalue weighted by Gasteiger charge is 2.55. The van der Waals surface area contributed by atoms with Gasteiger partial charge in [0, 0.05) is 11.8 Å². The van der Waals surface area contributed by atoms with Gasteiger partial charge in [-0.05, 0) is 11.8 Å². The molecular formula is C9H16O. The van der Waals surface area contributed by atoms with Gasteiger partial charge in [-0.25, -0.2) is 0 Å². The van der Waals surface area contributed by atoms with E-state index < -0.39 is 0 Å². The van der Waals surface area contributed by atoms with E-state index in [1.54, 1.807) is 0 Å². The highest BCUT2D eigenvalue weighted by atomic mass is 16.1. The van der Waals surface area contributed by atoms with Gasteiger partial charge in [0.25, 0.3) is 0 Å². The third-order valence-corrected chi connectivity index (χ3v) is 3.54. The number of carbonyl (C=O) groups is 1. The molecule has 0 amide bonds. The lowest BCUT2D eigenvalue weighted by Crippen LogP contribution is -2.53. The molecule has 0 aliphatic heterocycles. The molecule has 0 aromatic heterocycles. The van der Waals surface area contributed by atoms with Crippen LogP contribution in [0.25, 0.3) is 0 Å². The number of hydrogen-bond donors (Lipinski definition) is 0. The lowest BCUT2D eigenvalue weighted by molar-refractivity contribution is -0.154. The van der Waals surface area contributed by atoms with Crippen LogP contribution < -0.4 is 0 Å². The third kappa shape index (κ3) is 0.664. The number of ketones is 1. The van der Waals surface area contributed by atoms with E-state index >= 15 is 0 Å². The summed E-state index contributed by atoms with van der Waals surface area (Å²) < 4.78 is 0. The fourth-order valence-electron chi connectivity index (χ4n) is 1.59. The second kappa shape index (κ2) is 1.84. The van der Waals surface area contributed by atoms with Crippen molar-refractivity contribution in [1.82, 2.24) is 0 Å². The number of hydrogen-bond acceptors (Lipinski definition) is 1. The number of Topliss-reactive ketones (excluding diaryl/α,β-unsaturated/α-hetero) is 1. The molecule has 1 fully saturated rings. The van der Waals surface area contributed by atoms with Gasteiger partial charge in [0.15, 0.2) is 0 Å². The van der Waals surface area contributed by atoms with Gasteiger partial charge in [0.2, 0.25) is 0 Å². The largest absolute Gasteiger partial charge is 0.299 e. The molecule has 1 aliphatic carbocycles. The molecule has 0 aromatic carbocycles. The first-order valence-corrected chi connectivity index (χ1v) is 3.97. The molecule has 10 heavy (non-hydrogen) atoms. The van der Waals surface area contributed by atoms with Crippen molar-refractivity contribution in [3.05, 3.63) is 0 Å². The van der Waals surface area contributed by atoms with Crippen LogP contribution in [0.4, 0.5) is 0 Å². The van der Waals surface area contributed by atoms with Gasteiger partial charge in [-0.3, -0.25) is 4.79 Å². The van der Waals surface area contributed by atoms with Crippen LogP contribution in [0.1, 0.15) is 40.5 Å². The maximum absolute atomic E-state index is 11.1. The molecule has 0 spiro atoms. The molecular weight excluding hydrogens is 124 g/mol. The quantitative estimate of drug-likeness (QED) is 0.546. The van der Waals surface area contributed by atoms with Crippen LogP contribution in [0.5, 0.6) is 0 Å². The molecule has 0 saturated heterocycles.